The van der Waals surface area contributed by atoms with Crippen LogP contribution in [0.25, 0.3) is 0 Å². The topological polar surface area (TPSA) is 26.3 Å². The Morgan fingerprint density at radius 2 is 0.784 bits per heavy atom. The molecular formula is C35H74O2. The molecular weight excluding hydrogens is 452 g/mol. The summed E-state index contributed by atoms with van der Waals surface area (Å²) in [6.45, 7) is 24.6. The highest BCUT2D eigenvalue weighted by Crippen LogP contribution is 2.14. The van der Waals surface area contributed by atoms with Crippen LogP contribution in [0, 0.1) is 29.6 Å². The molecule has 0 aliphatic rings. The van der Waals surface area contributed by atoms with Gasteiger partial charge < -0.3 is 4.74 Å². The second kappa shape index (κ2) is 31.7. The molecule has 0 aromatic heterocycles. The van der Waals surface area contributed by atoms with Gasteiger partial charge >= 0.3 is 5.97 Å². The fourth-order valence-corrected chi connectivity index (χ4v) is 3.23. The lowest BCUT2D eigenvalue weighted by molar-refractivity contribution is -0.149. The third-order valence-electron chi connectivity index (χ3n) is 7.76. The maximum Gasteiger partial charge on any atom is 0.308 e. The predicted molar refractivity (Wildman–Crippen MR) is 169 cm³/mol. The van der Waals surface area contributed by atoms with Gasteiger partial charge in [0.15, 0.2) is 0 Å². The SMILES string of the molecule is CC(C)C(C)C.CCC(C)C.CCCCCCCCCCCCCCCCCCOC(=O)C(C)C(C)C. The van der Waals surface area contributed by atoms with Crippen molar-refractivity contribution in [1.29, 1.82) is 0 Å². The standard InChI is InChI=1S/C24H48O2.C6H14.C5H12/c1-5-6-7-8-9-10-11-12-13-14-15-16-17-18-19-20-21-26-24(25)23(4)22(2)3;1-5(2)6(3)4;1-4-5(2)3/h22-23H,5-21H2,1-4H3;5-6H,1-4H3;5H,4H2,1-3H3. The van der Waals surface area contributed by atoms with Crippen LogP contribution in [-0.2, 0) is 9.53 Å². The highest BCUT2D eigenvalue weighted by Gasteiger charge is 2.17. The van der Waals surface area contributed by atoms with Crippen molar-refractivity contribution >= 4 is 5.97 Å². The summed E-state index contributed by atoms with van der Waals surface area (Å²) in [5.74, 6) is 2.95. The summed E-state index contributed by atoms with van der Waals surface area (Å²) >= 11 is 0. The highest BCUT2D eigenvalue weighted by molar-refractivity contribution is 5.72. The summed E-state index contributed by atoms with van der Waals surface area (Å²) in [5, 5.41) is 0. The molecule has 0 saturated carbocycles. The van der Waals surface area contributed by atoms with Crippen LogP contribution in [-0.4, -0.2) is 12.6 Å². The molecule has 0 spiro atoms. The molecule has 0 aliphatic heterocycles. The van der Waals surface area contributed by atoms with E-state index in [4.69, 9.17) is 4.74 Å². The van der Waals surface area contributed by atoms with Crippen LogP contribution in [0.15, 0.2) is 0 Å². The van der Waals surface area contributed by atoms with E-state index in [-0.39, 0.29) is 11.9 Å². The molecule has 226 valence electrons. The molecule has 0 N–H and O–H groups in total. The van der Waals surface area contributed by atoms with Crippen molar-refractivity contribution in [3.63, 3.8) is 0 Å². The molecule has 0 amide bonds. The zero-order valence-electron chi connectivity index (χ0n) is 27.9. The lowest BCUT2D eigenvalue weighted by Gasteiger charge is -2.14. The van der Waals surface area contributed by atoms with Crippen molar-refractivity contribution in [3.8, 4) is 0 Å². The van der Waals surface area contributed by atoms with Crippen molar-refractivity contribution in [1.82, 2.24) is 0 Å². The summed E-state index contributed by atoms with van der Waals surface area (Å²) in [7, 11) is 0. The van der Waals surface area contributed by atoms with E-state index < -0.39 is 0 Å². The Bertz CT molecular complexity index is 419. The second-order valence-corrected chi connectivity index (χ2v) is 12.8. The Hall–Kier alpha value is -0.530. The number of hydrogen-bond donors (Lipinski definition) is 0. The first-order valence-corrected chi connectivity index (χ1v) is 16.7. The number of rotatable bonds is 21. The number of esters is 1. The Balaban J connectivity index is -0.000000870. The largest absolute Gasteiger partial charge is 0.465 e. The number of unbranched alkanes of at least 4 members (excludes halogenated alkanes) is 15. The molecule has 1 atom stereocenters. The average Bonchev–Trinajstić information content (AvgIpc) is 2.85. The van der Waals surface area contributed by atoms with Gasteiger partial charge in [-0.25, -0.2) is 0 Å². The van der Waals surface area contributed by atoms with Gasteiger partial charge in [0.05, 0.1) is 12.5 Å². The number of carbonyl (C=O) groups is 1. The number of ether oxygens (including phenoxy) is 1. The average molecular weight is 527 g/mol. The van der Waals surface area contributed by atoms with Gasteiger partial charge in [0.2, 0.25) is 0 Å². The minimum absolute atomic E-state index is 0.0241. The summed E-state index contributed by atoms with van der Waals surface area (Å²) in [6, 6.07) is 0. The van der Waals surface area contributed by atoms with E-state index >= 15 is 0 Å². The van der Waals surface area contributed by atoms with Crippen molar-refractivity contribution in [2.45, 2.75) is 185 Å². The third kappa shape index (κ3) is 37.7. The smallest absolute Gasteiger partial charge is 0.308 e. The molecule has 0 aromatic carbocycles. The van der Waals surface area contributed by atoms with Crippen LogP contribution < -0.4 is 0 Å². The van der Waals surface area contributed by atoms with Gasteiger partial charge in [-0.1, -0.05) is 179 Å². The molecule has 0 radical (unpaired) electrons. The first-order valence-electron chi connectivity index (χ1n) is 16.7. The van der Waals surface area contributed by atoms with Gasteiger partial charge in [-0.2, -0.15) is 0 Å². The van der Waals surface area contributed by atoms with Gasteiger partial charge in [-0.05, 0) is 30.1 Å². The highest BCUT2D eigenvalue weighted by atomic mass is 16.5. The van der Waals surface area contributed by atoms with E-state index in [9.17, 15) is 4.79 Å². The van der Waals surface area contributed by atoms with E-state index in [0.717, 1.165) is 24.2 Å². The third-order valence-corrected chi connectivity index (χ3v) is 7.76. The van der Waals surface area contributed by atoms with Crippen molar-refractivity contribution in [2.24, 2.45) is 29.6 Å². The van der Waals surface area contributed by atoms with E-state index in [1.165, 1.54) is 103 Å². The van der Waals surface area contributed by atoms with Crippen LogP contribution >= 0.6 is 0 Å². The molecule has 0 rings (SSSR count). The summed E-state index contributed by atoms with van der Waals surface area (Å²) in [6.07, 6.45) is 23.2. The van der Waals surface area contributed by atoms with Crippen LogP contribution in [0.1, 0.15) is 185 Å². The number of hydrogen-bond acceptors (Lipinski definition) is 2. The zero-order valence-corrected chi connectivity index (χ0v) is 27.9. The van der Waals surface area contributed by atoms with Gasteiger partial charge in [-0.15, -0.1) is 0 Å². The maximum atomic E-state index is 11.7. The van der Waals surface area contributed by atoms with Crippen molar-refractivity contribution in [2.75, 3.05) is 6.61 Å². The molecule has 0 heterocycles. The van der Waals surface area contributed by atoms with E-state index in [2.05, 4.69) is 69.2 Å². The number of carbonyl (C=O) groups excluding carboxylic acids is 1. The second-order valence-electron chi connectivity index (χ2n) is 12.8. The lowest BCUT2D eigenvalue weighted by Crippen LogP contribution is -2.20. The fourth-order valence-electron chi connectivity index (χ4n) is 3.23. The minimum Gasteiger partial charge on any atom is -0.465 e. The molecule has 2 heteroatoms. The Morgan fingerprint density at radius 1 is 0.486 bits per heavy atom. The van der Waals surface area contributed by atoms with Gasteiger partial charge in [0.25, 0.3) is 0 Å². The first kappa shape index (κ1) is 41.0. The van der Waals surface area contributed by atoms with E-state index in [1.54, 1.807) is 0 Å². The Kier molecular flexibility index (Phi) is 35.1. The molecule has 0 saturated heterocycles. The molecule has 1 unspecified atom stereocenters. The lowest BCUT2D eigenvalue weighted by atomic mass is 9.99. The molecule has 2 nitrogen and oxygen atoms in total. The van der Waals surface area contributed by atoms with Crippen molar-refractivity contribution < 1.29 is 9.53 Å². The molecule has 0 aliphatic carbocycles. The molecule has 0 bridgehead atoms. The Labute approximate surface area is 236 Å². The molecule has 0 fully saturated rings. The van der Waals surface area contributed by atoms with Crippen LogP contribution in [0.2, 0.25) is 0 Å². The summed E-state index contributed by atoms with van der Waals surface area (Å²) < 4.78 is 5.35. The van der Waals surface area contributed by atoms with Crippen LogP contribution in [0.3, 0.4) is 0 Å². The summed E-state index contributed by atoms with van der Waals surface area (Å²) in [4.78, 5) is 11.7. The molecule has 37 heavy (non-hydrogen) atoms. The quantitative estimate of drug-likeness (QED) is 0.110. The molecule has 0 aromatic rings. The van der Waals surface area contributed by atoms with Gasteiger partial charge in [-0.3, -0.25) is 4.79 Å². The monoisotopic (exact) mass is 527 g/mol. The van der Waals surface area contributed by atoms with E-state index in [1.807, 2.05) is 6.92 Å². The van der Waals surface area contributed by atoms with Crippen LogP contribution in [0.4, 0.5) is 0 Å². The maximum absolute atomic E-state index is 11.7. The fraction of sp³-hybridized carbons (Fsp3) is 0.971. The zero-order chi connectivity index (χ0) is 28.9. The van der Waals surface area contributed by atoms with Gasteiger partial charge in [0.1, 0.15) is 0 Å². The van der Waals surface area contributed by atoms with Crippen LogP contribution in [0.5, 0.6) is 0 Å². The minimum atomic E-state index is -0.0269. The first-order chi connectivity index (χ1) is 17.5. The van der Waals surface area contributed by atoms with E-state index in [0.29, 0.717) is 12.5 Å². The Morgan fingerprint density at radius 3 is 1.03 bits per heavy atom. The van der Waals surface area contributed by atoms with Gasteiger partial charge in [0, 0.05) is 0 Å². The predicted octanol–water partition coefficient (Wildman–Crippen LogP) is 12.4. The van der Waals surface area contributed by atoms with Crippen molar-refractivity contribution in [3.05, 3.63) is 0 Å². The normalized spacial score (nSPS) is 11.9. The summed E-state index contributed by atoms with van der Waals surface area (Å²) in [5.41, 5.74) is 0.